The van der Waals surface area contributed by atoms with E-state index in [1.807, 2.05) is 7.05 Å². The van der Waals surface area contributed by atoms with Crippen molar-refractivity contribution < 1.29 is 9.13 Å². The molecular weight excluding hydrogens is 207 g/mol. The number of ether oxygens (including phenoxy) is 1. The van der Waals surface area contributed by atoms with Gasteiger partial charge in [0.25, 0.3) is 0 Å². The predicted molar refractivity (Wildman–Crippen MR) is 61.1 cm³/mol. The van der Waals surface area contributed by atoms with Gasteiger partial charge >= 0.3 is 0 Å². The molecular formula is C12H17FN2O. The minimum Gasteiger partial charge on any atom is -0.488 e. The Labute approximate surface area is 95.0 Å². The Morgan fingerprint density at radius 2 is 2.38 bits per heavy atom. The van der Waals surface area contributed by atoms with Gasteiger partial charge in [-0.1, -0.05) is 0 Å². The number of nitrogens with two attached hydrogens (primary N) is 1. The van der Waals surface area contributed by atoms with Crippen LogP contribution < -0.4 is 10.5 Å². The van der Waals surface area contributed by atoms with Crippen molar-refractivity contribution in [2.45, 2.75) is 12.5 Å². The molecule has 1 aliphatic heterocycles. The molecule has 0 bridgehead atoms. The summed E-state index contributed by atoms with van der Waals surface area (Å²) in [5, 5.41) is 0. The zero-order valence-corrected chi connectivity index (χ0v) is 9.45. The fraction of sp³-hybridized carbons (Fsp3) is 0.500. The number of rotatable bonds is 4. The van der Waals surface area contributed by atoms with Crippen LogP contribution in [-0.4, -0.2) is 37.7 Å². The third-order valence-electron chi connectivity index (χ3n) is 2.79. The zero-order chi connectivity index (χ0) is 11.5. The second kappa shape index (κ2) is 4.80. The smallest absolute Gasteiger partial charge is 0.123 e. The van der Waals surface area contributed by atoms with Crippen LogP contribution in [0.2, 0.25) is 0 Å². The summed E-state index contributed by atoms with van der Waals surface area (Å²) in [5.74, 6) is 0.617. The number of nitrogens with zero attached hydrogens (tertiary/aromatic N) is 1. The third-order valence-corrected chi connectivity index (χ3v) is 2.79. The predicted octanol–water partition coefficient (Wildman–Crippen LogP) is 1.02. The van der Waals surface area contributed by atoms with E-state index in [-0.39, 0.29) is 11.9 Å². The van der Waals surface area contributed by atoms with Crippen LogP contribution in [0.15, 0.2) is 18.2 Å². The van der Waals surface area contributed by atoms with Crippen LogP contribution in [0.3, 0.4) is 0 Å². The van der Waals surface area contributed by atoms with Crippen molar-refractivity contribution in [3.05, 3.63) is 29.6 Å². The number of hydrogen-bond acceptors (Lipinski definition) is 3. The topological polar surface area (TPSA) is 38.5 Å². The number of fused-ring (bicyclic) bond motifs is 1. The Balaban J connectivity index is 1.95. The Hall–Kier alpha value is -1.13. The SMILES string of the molecule is CN(CCN)CC1Cc2cc(F)ccc2O1. The van der Waals surface area contributed by atoms with Crippen LogP contribution in [0.1, 0.15) is 5.56 Å². The molecule has 0 saturated carbocycles. The lowest BCUT2D eigenvalue weighted by atomic mass is 10.1. The molecule has 16 heavy (non-hydrogen) atoms. The standard InChI is InChI=1S/C12H17FN2O/c1-15(5-4-14)8-11-7-9-6-10(13)2-3-12(9)16-11/h2-3,6,11H,4-5,7-8,14H2,1H3. The van der Waals surface area contributed by atoms with E-state index in [1.54, 1.807) is 12.1 Å². The molecule has 0 spiro atoms. The molecule has 0 amide bonds. The summed E-state index contributed by atoms with van der Waals surface area (Å²) in [6, 6.07) is 4.69. The van der Waals surface area contributed by atoms with E-state index in [0.29, 0.717) is 6.54 Å². The van der Waals surface area contributed by atoms with Gasteiger partial charge in [-0.15, -0.1) is 0 Å². The molecule has 0 aromatic heterocycles. The van der Waals surface area contributed by atoms with Gasteiger partial charge in [-0.3, -0.25) is 0 Å². The van der Waals surface area contributed by atoms with Crippen LogP contribution in [0.5, 0.6) is 5.75 Å². The molecule has 0 saturated heterocycles. The van der Waals surface area contributed by atoms with E-state index >= 15 is 0 Å². The van der Waals surface area contributed by atoms with Gasteiger partial charge in [0.1, 0.15) is 17.7 Å². The molecule has 0 fully saturated rings. The van der Waals surface area contributed by atoms with E-state index in [2.05, 4.69) is 4.90 Å². The fourth-order valence-electron chi connectivity index (χ4n) is 2.05. The maximum atomic E-state index is 13.0. The van der Waals surface area contributed by atoms with Crippen LogP contribution in [-0.2, 0) is 6.42 Å². The van der Waals surface area contributed by atoms with Crippen molar-refractivity contribution >= 4 is 0 Å². The lowest BCUT2D eigenvalue weighted by Gasteiger charge is -2.19. The summed E-state index contributed by atoms with van der Waals surface area (Å²) >= 11 is 0. The van der Waals surface area contributed by atoms with Crippen molar-refractivity contribution in [2.24, 2.45) is 5.73 Å². The van der Waals surface area contributed by atoms with E-state index < -0.39 is 0 Å². The second-order valence-electron chi connectivity index (χ2n) is 4.25. The molecule has 4 heteroatoms. The van der Waals surface area contributed by atoms with Gasteiger partial charge in [0, 0.05) is 31.6 Å². The largest absolute Gasteiger partial charge is 0.488 e. The Morgan fingerprint density at radius 3 is 3.12 bits per heavy atom. The summed E-state index contributed by atoms with van der Waals surface area (Å²) in [6.07, 6.45) is 0.899. The highest BCUT2D eigenvalue weighted by Crippen LogP contribution is 2.29. The second-order valence-corrected chi connectivity index (χ2v) is 4.25. The summed E-state index contributed by atoms with van der Waals surface area (Å²) in [5.41, 5.74) is 6.44. The quantitative estimate of drug-likeness (QED) is 0.830. The molecule has 0 aliphatic carbocycles. The number of hydrogen-bond donors (Lipinski definition) is 1. The molecule has 1 atom stereocenters. The van der Waals surface area contributed by atoms with Gasteiger partial charge in [0.15, 0.2) is 0 Å². The first-order valence-electron chi connectivity index (χ1n) is 5.52. The van der Waals surface area contributed by atoms with E-state index in [1.165, 1.54) is 6.07 Å². The Kier molecular flexibility index (Phi) is 3.41. The molecule has 1 aliphatic rings. The minimum atomic E-state index is -0.196. The molecule has 3 nitrogen and oxygen atoms in total. The molecule has 88 valence electrons. The number of likely N-dealkylation sites (N-methyl/N-ethyl adjacent to an activating group) is 1. The van der Waals surface area contributed by atoms with Crippen molar-refractivity contribution in [3.63, 3.8) is 0 Å². The number of halogens is 1. The average molecular weight is 224 g/mol. The molecule has 2 rings (SSSR count). The molecule has 1 aromatic carbocycles. The van der Waals surface area contributed by atoms with E-state index in [9.17, 15) is 4.39 Å². The van der Waals surface area contributed by atoms with Crippen LogP contribution >= 0.6 is 0 Å². The van der Waals surface area contributed by atoms with Crippen molar-refractivity contribution in [1.82, 2.24) is 4.90 Å². The van der Waals surface area contributed by atoms with Crippen LogP contribution in [0.4, 0.5) is 4.39 Å². The highest BCUT2D eigenvalue weighted by atomic mass is 19.1. The lowest BCUT2D eigenvalue weighted by Crippen LogP contribution is -2.35. The number of benzene rings is 1. The van der Waals surface area contributed by atoms with Gasteiger partial charge in [0.2, 0.25) is 0 Å². The Morgan fingerprint density at radius 1 is 1.56 bits per heavy atom. The van der Waals surface area contributed by atoms with Gasteiger partial charge in [-0.2, -0.15) is 0 Å². The van der Waals surface area contributed by atoms with Crippen LogP contribution in [0.25, 0.3) is 0 Å². The first-order chi connectivity index (χ1) is 7.69. The monoisotopic (exact) mass is 224 g/mol. The average Bonchev–Trinajstić information content (AvgIpc) is 2.59. The van der Waals surface area contributed by atoms with Gasteiger partial charge in [0.05, 0.1) is 0 Å². The Bertz CT molecular complexity index is 370. The van der Waals surface area contributed by atoms with Crippen LogP contribution in [0, 0.1) is 5.82 Å². The molecule has 0 radical (unpaired) electrons. The molecule has 1 heterocycles. The third kappa shape index (κ3) is 2.51. The van der Waals surface area contributed by atoms with E-state index in [0.717, 1.165) is 30.8 Å². The summed E-state index contributed by atoms with van der Waals surface area (Å²) in [4.78, 5) is 2.13. The molecule has 1 unspecified atom stereocenters. The maximum Gasteiger partial charge on any atom is 0.123 e. The van der Waals surface area contributed by atoms with Gasteiger partial charge < -0.3 is 15.4 Å². The molecule has 1 aromatic rings. The first-order valence-corrected chi connectivity index (χ1v) is 5.52. The zero-order valence-electron chi connectivity index (χ0n) is 9.45. The lowest BCUT2D eigenvalue weighted by molar-refractivity contribution is 0.171. The fourth-order valence-corrected chi connectivity index (χ4v) is 2.05. The summed E-state index contributed by atoms with van der Waals surface area (Å²) in [7, 11) is 2.01. The highest BCUT2D eigenvalue weighted by molar-refractivity contribution is 5.37. The highest BCUT2D eigenvalue weighted by Gasteiger charge is 2.23. The first kappa shape index (κ1) is 11.4. The van der Waals surface area contributed by atoms with Gasteiger partial charge in [-0.25, -0.2) is 4.39 Å². The van der Waals surface area contributed by atoms with Gasteiger partial charge in [-0.05, 0) is 25.2 Å². The minimum absolute atomic E-state index is 0.119. The van der Waals surface area contributed by atoms with E-state index in [4.69, 9.17) is 10.5 Å². The summed E-state index contributed by atoms with van der Waals surface area (Å²) < 4.78 is 18.7. The van der Waals surface area contributed by atoms with Crippen molar-refractivity contribution in [3.8, 4) is 5.75 Å². The van der Waals surface area contributed by atoms with Crippen molar-refractivity contribution in [2.75, 3.05) is 26.7 Å². The molecule has 2 N–H and O–H groups in total. The summed E-state index contributed by atoms with van der Waals surface area (Å²) in [6.45, 7) is 2.32. The normalized spacial score (nSPS) is 18.6. The maximum absolute atomic E-state index is 13.0. The van der Waals surface area contributed by atoms with Crippen molar-refractivity contribution in [1.29, 1.82) is 0 Å².